The van der Waals surface area contributed by atoms with E-state index in [1.54, 1.807) is 35.2 Å². The van der Waals surface area contributed by atoms with Gasteiger partial charge in [-0.1, -0.05) is 23.7 Å². The molecule has 0 aliphatic rings. The van der Waals surface area contributed by atoms with Gasteiger partial charge < -0.3 is 16.0 Å². The summed E-state index contributed by atoms with van der Waals surface area (Å²) in [5.41, 5.74) is 7.12. The summed E-state index contributed by atoms with van der Waals surface area (Å²) in [7, 11) is 0. The lowest BCUT2D eigenvalue weighted by Gasteiger charge is -2.21. The molecule has 2 rings (SSSR count). The Kier molecular flexibility index (Phi) is 5.60. The molecular formula is C17H18ClN3O2. The van der Waals surface area contributed by atoms with Crippen molar-refractivity contribution in [3.05, 3.63) is 64.7 Å². The van der Waals surface area contributed by atoms with Crippen molar-refractivity contribution in [1.29, 1.82) is 0 Å². The number of benzene rings is 2. The summed E-state index contributed by atoms with van der Waals surface area (Å²) in [5.74, 6) is -0.0851. The van der Waals surface area contributed by atoms with Crippen LogP contribution in [-0.4, -0.2) is 23.4 Å². The summed E-state index contributed by atoms with van der Waals surface area (Å²) in [6.45, 7) is 2.98. The van der Waals surface area contributed by atoms with E-state index in [2.05, 4.69) is 5.32 Å². The number of nitrogens with two attached hydrogens (primary N) is 1. The average molecular weight is 332 g/mol. The molecule has 0 saturated heterocycles. The van der Waals surface area contributed by atoms with Gasteiger partial charge >= 0.3 is 6.03 Å². The molecule has 0 atom stereocenters. The van der Waals surface area contributed by atoms with Gasteiger partial charge in [0.2, 0.25) is 0 Å². The minimum Gasteiger partial charge on any atom is -0.351 e. The van der Waals surface area contributed by atoms with Crippen LogP contribution >= 0.6 is 11.6 Å². The van der Waals surface area contributed by atoms with Crippen molar-refractivity contribution in [1.82, 2.24) is 4.90 Å². The molecule has 6 heteroatoms. The van der Waals surface area contributed by atoms with Gasteiger partial charge in [-0.05, 0) is 48.9 Å². The minimum atomic E-state index is -0.639. The van der Waals surface area contributed by atoms with Gasteiger partial charge in [0.25, 0.3) is 5.91 Å². The third kappa shape index (κ3) is 4.72. The highest BCUT2D eigenvalue weighted by Gasteiger charge is 2.14. The number of carbonyl (C=O) groups excluding carboxylic acids is 2. The highest BCUT2D eigenvalue weighted by atomic mass is 35.5. The molecular weight excluding hydrogens is 314 g/mol. The van der Waals surface area contributed by atoms with Gasteiger partial charge in [-0.15, -0.1) is 0 Å². The highest BCUT2D eigenvalue weighted by Crippen LogP contribution is 2.16. The molecule has 0 unspecified atom stereocenters. The zero-order valence-electron chi connectivity index (χ0n) is 12.8. The fourth-order valence-electron chi connectivity index (χ4n) is 2.20. The highest BCUT2D eigenvalue weighted by molar-refractivity contribution is 6.30. The lowest BCUT2D eigenvalue weighted by molar-refractivity contribution is 0.0752. The lowest BCUT2D eigenvalue weighted by Crippen LogP contribution is -2.30. The Morgan fingerprint density at radius 1 is 1.17 bits per heavy atom. The van der Waals surface area contributed by atoms with E-state index in [0.29, 0.717) is 29.4 Å². The average Bonchev–Trinajstić information content (AvgIpc) is 2.52. The van der Waals surface area contributed by atoms with E-state index in [4.69, 9.17) is 17.3 Å². The summed E-state index contributed by atoms with van der Waals surface area (Å²) in [4.78, 5) is 25.1. The van der Waals surface area contributed by atoms with E-state index >= 15 is 0 Å². The van der Waals surface area contributed by atoms with Crippen molar-refractivity contribution in [3.8, 4) is 0 Å². The Balaban J connectivity index is 2.11. The van der Waals surface area contributed by atoms with E-state index < -0.39 is 6.03 Å². The number of primary amides is 1. The molecule has 0 fully saturated rings. The van der Waals surface area contributed by atoms with E-state index in [1.165, 1.54) is 0 Å². The van der Waals surface area contributed by atoms with Crippen LogP contribution in [0.1, 0.15) is 22.8 Å². The van der Waals surface area contributed by atoms with Gasteiger partial charge in [0.05, 0.1) is 0 Å². The van der Waals surface area contributed by atoms with Crippen molar-refractivity contribution in [2.45, 2.75) is 13.5 Å². The topological polar surface area (TPSA) is 75.4 Å². The maximum atomic E-state index is 12.6. The first kappa shape index (κ1) is 16.8. The van der Waals surface area contributed by atoms with Crippen molar-refractivity contribution in [2.24, 2.45) is 5.73 Å². The molecule has 0 aliphatic heterocycles. The molecule has 2 aromatic carbocycles. The second kappa shape index (κ2) is 7.65. The lowest BCUT2D eigenvalue weighted by atomic mass is 10.1. The smallest absolute Gasteiger partial charge is 0.316 e. The van der Waals surface area contributed by atoms with E-state index in [-0.39, 0.29) is 5.91 Å². The standard InChI is InChI=1S/C17H18ClN3O2/c1-2-21(11-12-4-3-5-14(18)10-12)16(22)13-6-8-15(9-7-13)20-17(19)23/h3-10H,2,11H2,1H3,(H3,19,20,23). The molecule has 120 valence electrons. The first-order valence-corrected chi connectivity index (χ1v) is 7.57. The quantitative estimate of drug-likeness (QED) is 0.879. The number of anilines is 1. The van der Waals surface area contributed by atoms with Crippen molar-refractivity contribution in [3.63, 3.8) is 0 Å². The number of urea groups is 1. The van der Waals surface area contributed by atoms with Gasteiger partial charge in [0.1, 0.15) is 0 Å². The van der Waals surface area contributed by atoms with Crippen LogP contribution in [0.4, 0.5) is 10.5 Å². The van der Waals surface area contributed by atoms with Gasteiger partial charge in [-0.3, -0.25) is 4.79 Å². The summed E-state index contributed by atoms with van der Waals surface area (Å²) >= 11 is 5.98. The zero-order chi connectivity index (χ0) is 16.8. The van der Waals surface area contributed by atoms with Crippen LogP contribution in [0.3, 0.4) is 0 Å². The molecule has 23 heavy (non-hydrogen) atoms. The van der Waals surface area contributed by atoms with Crippen molar-refractivity contribution < 1.29 is 9.59 Å². The number of hydrogen-bond donors (Lipinski definition) is 2. The molecule has 5 nitrogen and oxygen atoms in total. The SMILES string of the molecule is CCN(Cc1cccc(Cl)c1)C(=O)c1ccc(NC(N)=O)cc1. The first-order chi connectivity index (χ1) is 11.0. The third-order valence-electron chi connectivity index (χ3n) is 3.33. The number of halogens is 1. The molecule has 0 saturated carbocycles. The second-order valence-electron chi connectivity index (χ2n) is 5.02. The summed E-state index contributed by atoms with van der Waals surface area (Å²) in [5, 5.41) is 3.11. The van der Waals surface area contributed by atoms with Gasteiger partial charge in [0.15, 0.2) is 0 Å². The minimum absolute atomic E-state index is 0.0851. The first-order valence-electron chi connectivity index (χ1n) is 7.20. The number of rotatable bonds is 5. The predicted molar refractivity (Wildman–Crippen MR) is 91.5 cm³/mol. The van der Waals surface area contributed by atoms with E-state index in [0.717, 1.165) is 5.56 Å². The monoisotopic (exact) mass is 331 g/mol. The number of hydrogen-bond acceptors (Lipinski definition) is 2. The van der Waals surface area contributed by atoms with Gasteiger partial charge in [-0.2, -0.15) is 0 Å². The molecule has 3 N–H and O–H groups in total. The summed E-state index contributed by atoms with van der Waals surface area (Å²) in [6.07, 6.45) is 0. The molecule has 2 aromatic rings. The largest absolute Gasteiger partial charge is 0.351 e. The van der Waals surface area contributed by atoms with Crippen LogP contribution in [0.15, 0.2) is 48.5 Å². The summed E-state index contributed by atoms with van der Waals surface area (Å²) < 4.78 is 0. The zero-order valence-corrected chi connectivity index (χ0v) is 13.5. The van der Waals surface area contributed by atoms with Crippen LogP contribution in [-0.2, 0) is 6.54 Å². The van der Waals surface area contributed by atoms with Gasteiger partial charge in [-0.25, -0.2) is 4.79 Å². The summed E-state index contributed by atoms with van der Waals surface area (Å²) in [6, 6.07) is 13.4. The molecule has 0 spiro atoms. The number of nitrogens with zero attached hydrogens (tertiary/aromatic N) is 1. The predicted octanol–water partition coefficient (Wildman–Crippen LogP) is 3.49. The van der Waals surface area contributed by atoms with Gasteiger partial charge in [0, 0.05) is 29.4 Å². The number of amides is 3. The maximum Gasteiger partial charge on any atom is 0.316 e. The van der Waals surface area contributed by atoms with Crippen LogP contribution < -0.4 is 11.1 Å². The molecule has 0 heterocycles. The molecule has 0 bridgehead atoms. The Morgan fingerprint density at radius 2 is 1.87 bits per heavy atom. The maximum absolute atomic E-state index is 12.6. The van der Waals surface area contributed by atoms with Crippen molar-refractivity contribution in [2.75, 3.05) is 11.9 Å². The second-order valence-corrected chi connectivity index (χ2v) is 5.45. The normalized spacial score (nSPS) is 10.2. The van der Waals surface area contributed by atoms with E-state index in [9.17, 15) is 9.59 Å². The number of carbonyl (C=O) groups is 2. The van der Waals surface area contributed by atoms with Crippen LogP contribution in [0, 0.1) is 0 Å². The Hall–Kier alpha value is -2.53. The van der Waals surface area contributed by atoms with E-state index in [1.807, 2.05) is 25.1 Å². The fraction of sp³-hybridized carbons (Fsp3) is 0.176. The van der Waals surface area contributed by atoms with Crippen LogP contribution in [0.5, 0.6) is 0 Å². The molecule has 3 amide bonds. The Morgan fingerprint density at radius 3 is 2.43 bits per heavy atom. The fourth-order valence-corrected chi connectivity index (χ4v) is 2.42. The van der Waals surface area contributed by atoms with Crippen molar-refractivity contribution >= 4 is 29.2 Å². The molecule has 0 radical (unpaired) electrons. The number of nitrogens with one attached hydrogen (secondary N) is 1. The third-order valence-corrected chi connectivity index (χ3v) is 3.57. The molecule has 0 aliphatic carbocycles. The Bertz CT molecular complexity index is 701. The molecule has 0 aromatic heterocycles. The Labute approximate surface area is 140 Å². The van der Waals surface area contributed by atoms with Crippen LogP contribution in [0.2, 0.25) is 5.02 Å². The van der Waals surface area contributed by atoms with Crippen LogP contribution in [0.25, 0.3) is 0 Å².